The lowest BCUT2D eigenvalue weighted by Gasteiger charge is -2.45. The molecule has 0 spiro atoms. The maximum absolute atomic E-state index is 7.30. The number of hydrogen-bond donors (Lipinski definition) is 0. The van der Waals surface area contributed by atoms with Crippen LogP contribution in [-0.4, -0.2) is 24.7 Å². The van der Waals surface area contributed by atoms with Crippen molar-refractivity contribution in [1.29, 1.82) is 0 Å². The van der Waals surface area contributed by atoms with E-state index in [-0.39, 0.29) is 20.1 Å². The predicted molar refractivity (Wildman–Crippen MR) is 607 cm³/mol. The van der Waals surface area contributed by atoms with Crippen LogP contribution in [-0.2, 0) is 0 Å². The Morgan fingerprint density at radius 3 is 0.965 bits per heavy atom. The first kappa shape index (κ1) is 81.3. The van der Waals surface area contributed by atoms with Gasteiger partial charge in [0.25, 0.3) is 20.1 Å². The molecule has 0 aliphatic carbocycles. The smallest absolute Gasteiger partial charge is 0.252 e. The highest BCUT2D eigenvalue weighted by Gasteiger charge is 2.49. The van der Waals surface area contributed by atoms with Crippen LogP contribution < -0.4 is 83.5 Å². The summed E-state index contributed by atoms with van der Waals surface area (Å²) in [6, 6.07) is 192. The molecule has 0 bridgehead atoms. The first-order chi connectivity index (χ1) is 71.5. The van der Waals surface area contributed by atoms with Crippen molar-refractivity contribution in [2.75, 3.05) is 34.3 Å². The molecule has 0 N–H and O–H groups in total. The second-order valence-electron chi connectivity index (χ2n) is 38.5. The van der Waals surface area contributed by atoms with Crippen molar-refractivity contribution < 1.29 is 4.42 Å². The van der Waals surface area contributed by atoms with Gasteiger partial charge in [-0.15, -0.1) is 0 Å². The highest BCUT2D eigenvalue weighted by atomic mass is 16.3. The molecule has 144 heavy (non-hydrogen) atoms. The van der Waals surface area contributed by atoms with Gasteiger partial charge in [0.05, 0.1) is 22.4 Å². The molecule has 2 aromatic heterocycles. The molecule has 0 amide bonds. The molecule has 9 nitrogen and oxygen atoms in total. The highest BCUT2D eigenvalue weighted by Crippen LogP contribution is 2.55. The van der Waals surface area contributed by atoms with E-state index in [1.54, 1.807) is 0 Å². The third kappa shape index (κ3) is 12.4. The van der Waals surface area contributed by atoms with Crippen LogP contribution in [0.4, 0.5) is 119 Å². The molecule has 30 rings (SSSR count). The van der Waals surface area contributed by atoms with Crippen LogP contribution in [0, 0.1) is 0 Å². The Hall–Kier alpha value is -18.8. The van der Waals surface area contributed by atoms with Gasteiger partial charge in [-0.05, 0) is 276 Å². The molecule has 0 radical (unpaired) electrons. The van der Waals surface area contributed by atoms with E-state index in [9.17, 15) is 0 Å². The molecule has 8 heterocycles. The number of anilines is 21. The van der Waals surface area contributed by atoms with Crippen molar-refractivity contribution in [3.8, 4) is 50.2 Å². The van der Waals surface area contributed by atoms with Crippen LogP contribution in [0.3, 0.4) is 0 Å². The summed E-state index contributed by atoms with van der Waals surface area (Å²) >= 11 is 0. The predicted octanol–water partition coefficient (Wildman–Crippen LogP) is 29.1. The highest BCUT2D eigenvalue weighted by molar-refractivity contribution is 7.02. The maximum atomic E-state index is 7.30. The van der Waals surface area contributed by atoms with E-state index in [0.717, 1.165) is 180 Å². The van der Waals surface area contributed by atoms with Crippen LogP contribution in [0.25, 0.3) is 93.9 Å². The number of hydrogen-bond acceptors (Lipinski definition) is 8. The van der Waals surface area contributed by atoms with Crippen molar-refractivity contribution in [3.05, 3.63) is 516 Å². The fraction of sp³-hybridized carbons (Fsp3) is 0. The Balaban J connectivity index is 0.552. The van der Waals surface area contributed by atoms with E-state index in [1.807, 2.05) is 0 Å². The summed E-state index contributed by atoms with van der Waals surface area (Å²) in [6.45, 7) is -0.333. The van der Waals surface area contributed by atoms with Gasteiger partial charge in [0.1, 0.15) is 11.2 Å². The van der Waals surface area contributed by atoms with Gasteiger partial charge in [-0.2, -0.15) is 0 Å². The van der Waals surface area contributed by atoms with Gasteiger partial charge in [0, 0.05) is 141 Å². The molecule has 6 aliphatic heterocycles. The topological polar surface area (TPSA) is 40.8 Å². The summed E-state index contributed by atoms with van der Waals surface area (Å²) in [4.78, 5) is 17.6. The van der Waals surface area contributed by atoms with Crippen molar-refractivity contribution in [3.63, 3.8) is 0 Å². The molecule has 0 saturated carbocycles. The van der Waals surface area contributed by atoms with Gasteiger partial charge < -0.3 is 43.3 Å². The molecule has 22 aromatic carbocycles. The summed E-state index contributed by atoms with van der Waals surface area (Å²) in [5, 5.41) is 4.59. The zero-order valence-corrected chi connectivity index (χ0v) is 78.3. The molecule has 6 aliphatic rings. The first-order valence-electron chi connectivity index (χ1n) is 49.8. The van der Waals surface area contributed by atoms with Crippen LogP contribution in [0.1, 0.15) is 0 Å². The molecule has 12 heteroatoms. The lowest BCUT2D eigenvalue weighted by Crippen LogP contribution is -2.61. The maximum Gasteiger partial charge on any atom is 0.252 e. The second kappa shape index (κ2) is 32.4. The zero-order chi connectivity index (χ0) is 94.3. The van der Waals surface area contributed by atoms with Gasteiger partial charge in [-0.1, -0.05) is 328 Å². The van der Waals surface area contributed by atoms with Gasteiger partial charge in [-0.25, -0.2) is 0 Å². The van der Waals surface area contributed by atoms with Gasteiger partial charge >= 0.3 is 0 Å². The molecule has 0 unspecified atom stereocenters. The van der Waals surface area contributed by atoms with E-state index >= 15 is 0 Å². The van der Waals surface area contributed by atoms with Crippen molar-refractivity contribution in [1.82, 2.24) is 4.57 Å². The Morgan fingerprint density at radius 1 is 0.181 bits per heavy atom. The summed E-state index contributed by atoms with van der Waals surface area (Å²) < 4.78 is 9.78. The van der Waals surface area contributed by atoms with E-state index in [2.05, 4.69) is 555 Å². The summed E-state index contributed by atoms with van der Waals surface area (Å²) in [7, 11) is 0. The second-order valence-corrected chi connectivity index (χ2v) is 38.5. The van der Waals surface area contributed by atoms with E-state index < -0.39 is 0 Å². The number of aromatic nitrogens is 1. The fourth-order valence-corrected chi connectivity index (χ4v) is 24.9. The molecule has 0 atom stereocenters. The third-order valence-electron chi connectivity index (χ3n) is 30.8. The zero-order valence-electron chi connectivity index (χ0n) is 78.3. The number of nitrogens with zero attached hydrogens (tertiary/aromatic N) is 8. The largest absolute Gasteiger partial charge is 0.455 e. The van der Waals surface area contributed by atoms with Crippen LogP contribution in [0.15, 0.2) is 520 Å². The summed E-state index contributed by atoms with van der Waals surface area (Å²) in [6.07, 6.45) is 0. The van der Waals surface area contributed by atoms with E-state index in [0.29, 0.717) is 0 Å². The van der Waals surface area contributed by atoms with E-state index in [4.69, 9.17) is 4.42 Å². The SMILES string of the molecule is c1ccc(N(c2cccc(-c3ccc4c(c3)B3c5ccccc5N(c5ccccc5)c5cc(-n6c7ccccc7c7ccccc76)cc(c53)N4c3ccccc3)c2)c2cc3c4c(c2)N(c2ccccc2)c2ccc(-c5cccc6oc7c(-c8ccc(-c9cc%10c%11c(c9)N(c9ccccc9)c9ccccc9B%11c9ccccc9N%10c9ccccc9)cc8)cccc7c56)cc2B4c2ccccc2N3c2ccccc2)cc1. The third-order valence-corrected chi connectivity index (χ3v) is 30.8. The Labute approximate surface area is 835 Å². The Morgan fingerprint density at radius 2 is 0.507 bits per heavy atom. The molecular weight excluding hydrogens is 1750 g/mol. The minimum absolute atomic E-state index is 0.0200. The van der Waals surface area contributed by atoms with Crippen LogP contribution in [0.5, 0.6) is 0 Å². The number of fused-ring (bicyclic) bond motifs is 18. The van der Waals surface area contributed by atoms with Gasteiger partial charge in [0.2, 0.25) is 0 Å². The lowest BCUT2D eigenvalue weighted by molar-refractivity contribution is 0.670. The van der Waals surface area contributed by atoms with Gasteiger partial charge in [0.15, 0.2) is 0 Å². The normalized spacial score (nSPS) is 13.2. The number of furan rings is 1. The van der Waals surface area contributed by atoms with Crippen LogP contribution in [0.2, 0.25) is 0 Å². The monoisotopic (exact) mass is 1830 g/mol. The summed E-state index contributed by atoms with van der Waals surface area (Å²) in [5.74, 6) is 0. The number of benzene rings is 22. The summed E-state index contributed by atoms with van der Waals surface area (Å²) in [5.41, 5.74) is 48.5. The van der Waals surface area contributed by atoms with Crippen molar-refractivity contribution in [2.24, 2.45) is 0 Å². The molecule has 668 valence electrons. The lowest BCUT2D eigenvalue weighted by atomic mass is 9.33. The quantitative estimate of drug-likeness (QED) is 0.0998. The Bertz CT molecular complexity index is 9150. The fourth-order valence-electron chi connectivity index (χ4n) is 24.9. The average molecular weight is 1830 g/mol. The minimum Gasteiger partial charge on any atom is -0.455 e. The standard InChI is InChI=1S/C132H85B3N8O/c1-8-38-92(39-9-1)136(99-52-34-37-88(77-99)89-73-75-119-111(78-89)134-109-60-26-32-66-117(109)140(96-46-16-5-17-47-96)125-84-101(85-126(131(125)134)141(119)97-48-18-6-19-49-97)143-113-62-28-22-53-104(113)105-54-23-29-63-114(105)143)100-82-123-130-124(83-100)142(98-50-20-7-21-51-98)120-76-74-90(79-112(120)135(130)110-61-27-33-67-118(110)139(123)95-44-14-4-15-45-95)102-55-36-68-127-128(102)106-57-35-56-103(132(106)144-127)87-71-69-86(70-72-87)91-80-121-129-122(81-91)138(94-42-12-3-13-43-94)116-65-31-25-59-108(116)133(129)107-58-24-30-64-115(107)137(121)93-40-10-2-11-41-93/h1-85H. The van der Waals surface area contributed by atoms with E-state index in [1.165, 1.54) is 82.7 Å². The molecule has 24 aromatic rings. The number of para-hydroxylation sites is 14. The van der Waals surface area contributed by atoms with Crippen molar-refractivity contribution in [2.45, 2.75) is 0 Å². The Kier molecular flexibility index (Phi) is 18.3. The average Bonchev–Trinajstić information content (AvgIpc) is 0.834. The first-order valence-corrected chi connectivity index (χ1v) is 49.8. The van der Waals surface area contributed by atoms with Crippen LogP contribution >= 0.6 is 0 Å². The van der Waals surface area contributed by atoms with Gasteiger partial charge in [-0.3, -0.25) is 0 Å². The van der Waals surface area contributed by atoms with Crippen molar-refractivity contribution >= 4 is 232 Å². The molecule has 0 saturated heterocycles. The minimum atomic E-state index is -0.205. The molecular formula is C132H85B3N8O. The number of rotatable bonds is 14. The molecule has 0 fully saturated rings.